The van der Waals surface area contributed by atoms with Gasteiger partial charge in [-0.15, -0.1) is 24.0 Å². The molecule has 0 amide bonds. The van der Waals surface area contributed by atoms with Crippen molar-refractivity contribution in [2.75, 3.05) is 50.1 Å². The lowest BCUT2D eigenvalue weighted by Crippen LogP contribution is -2.51. The molecule has 0 radical (unpaired) electrons. The van der Waals surface area contributed by atoms with Crippen LogP contribution in [0.3, 0.4) is 0 Å². The maximum atomic E-state index is 6.20. The van der Waals surface area contributed by atoms with Crippen LogP contribution in [-0.2, 0) is 6.54 Å². The minimum absolute atomic E-state index is 0. The van der Waals surface area contributed by atoms with Gasteiger partial charge in [0.2, 0.25) is 0 Å². The van der Waals surface area contributed by atoms with Crippen molar-refractivity contribution in [2.45, 2.75) is 6.54 Å². The Bertz CT molecular complexity index is 757. The number of guanidine groups is 1. The quantitative estimate of drug-likeness (QED) is 0.397. The van der Waals surface area contributed by atoms with Crippen molar-refractivity contribution in [1.82, 2.24) is 9.88 Å². The maximum absolute atomic E-state index is 6.20. The fourth-order valence-electron chi connectivity index (χ4n) is 2.91. The molecule has 1 aromatic heterocycles. The number of anilines is 2. The highest BCUT2D eigenvalue weighted by Crippen LogP contribution is 2.19. The topological polar surface area (TPSA) is 61.0 Å². The molecule has 0 bridgehead atoms. The number of aromatic nitrogens is 1. The van der Waals surface area contributed by atoms with Gasteiger partial charge < -0.3 is 20.4 Å². The number of aliphatic imine (C=N–C) groups is 1. The minimum atomic E-state index is 0. The molecule has 1 aliphatic rings. The van der Waals surface area contributed by atoms with Crippen LogP contribution in [0.4, 0.5) is 11.5 Å². The summed E-state index contributed by atoms with van der Waals surface area (Å²) < 4.78 is 0. The first-order valence-electron chi connectivity index (χ1n) is 8.71. The lowest BCUT2D eigenvalue weighted by atomic mass is 10.2. The SMILES string of the molecule is CN(C)c1cccc(CN=C(N)N2CCN(c3ccc(Cl)cc3)CC2)n1.I. The molecule has 3 rings (SSSR count). The van der Waals surface area contributed by atoms with Crippen molar-refractivity contribution in [1.29, 1.82) is 0 Å². The molecule has 2 aromatic rings. The lowest BCUT2D eigenvalue weighted by molar-refractivity contribution is 0.380. The van der Waals surface area contributed by atoms with E-state index < -0.39 is 0 Å². The van der Waals surface area contributed by atoms with Crippen molar-refractivity contribution in [2.24, 2.45) is 10.7 Å². The average Bonchev–Trinajstić information content (AvgIpc) is 2.67. The number of halogens is 2. The van der Waals surface area contributed by atoms with E-state index in [1.807, 2.05) is 49.3 Å². The Labute approximate surface area is 183 Å². The monoisotopic (exact) mass is 500 g/mol. The van der Waals surface area contributed by atoms with Crippen LogP contribution >= 0.6 is 35.6 Å². The van der Waals surface area contributed by atoms with Crippen molar-refractivity contribution in [3.05, 3.63) is 53.2 Å². The molecule has 2 N–H and O–H groups in total. The second-order valence-corrected chi connectivity index (χ2v) is 6.94. The highest BCUT2D eigenvalue weighted by atomic mass is 127. The van der Waals surface area contributed by atoms with Gasteiger partial charge in [-0.3, -0.25) is 0 Å². The van der Waals surface area contributed by atoms with Crippen molar-refractivity contribution in [3.8, 4) is 0 Å². The Balaban J connectivity index is 0.00000261. The molecule has 27 heavy (non-hydrogen) atoms. The van der Waals surface area contributed by atoms with E-state index in [-0.39, 0.29) is 24.0 Å². The molecule has 1 fully saturated rings. The van der Waals surface area contributed by atoms with Crippen LogP contribution in [0.15, 0.2) is 47.5 Å². The van der Waals surface area contributed by atoms with Gasteiger partial charge in [0.05, 0.1) is 12.2 Å². The second kappa shape index (κ2) is 9.98. The predicted molar refractivity (Wildman–Crippen MR) is 125 cm³/mol. The fraction of sp³-hybridized carbons (Fsp3) is 0.368. The molecule has 0 aliphatic carbocycles. The van der Waals surface area contributed by atoms with Gasteiger partial charge >= 0.3 is 0 Å². The second-order valence-electron chi connectivity index (χ2n) is 6.51. The zero-order valence-electron chi connectivity index (χ0n) is 15.7. The Morgan fingerprint density at radius 1 is 1.11 bits per heavy atom. The third-order valence-electron chi connectivity index (χ3n) is 4.45. The highest BCUT2D eigenvalue weighted by molar-refractivity contribution is 14.0. The predicted octanol–water partition coefficient (Wildman–Crippen LogP) is 3.06. The van der Waals surface area contributed by atoms with E-state index in [1.54, 1.807) is 0 Å². The van der Waals surface area contributed by atoms with Crippen LogP contribution in [0.25, 0.3) is 0 Å². The normalized spacial score (nSPS) is 14.7. The maximum Gasteiger partial charge on any atom is 0.191 e. The summed E-state index contributed by atoms with van der Waals surface area (Å²) in [6.07, 6.45) is 0. The number of rotatable bonds is 4. The third-order valence-corrected chi connectivity index (χ3v) is 4.70. The highest BCUT2D eigenvalue weighted by Gasteiger charge is 2.18. The number of hydrogen-bond donors (Lipinski definition) is 1. The molecule has 0 saturated carbocycles. The average molecular weight is 501 g/mol. The van der Waals surface area contributed by atoms with E-state index in [0.29, 0.717) is 12.5 Å². The first-order chi connectivity index (χ1) is 12.5. The largest absolute Gasteiger partial charge is 0.370 e. The number of pyridine rings is 1. The van der Waals surface area contributed by atoms with Gasteiger partial charge in [-0.2, -0.15) is 0 Å². The van der Waals surface area contributed by atoms with Gasteiger partial charge in [0, 0.05) is 51.0 Å². The summed E-state index contributed by atoms with van der Waals surface area (Å²) in [6.45, 7) is 4.01. The Hall–Kier alpha value is -1.74. The summed E-state index contributed by atoms with van der Waals surface area (Å²) in [5.41, 5.74) is 8.30. The van der Waals surface area contributed by atoms with E-state index in [9.17, 15) is 0 Å². The van der Waals surface area contributed by atoms with Crippen LogP contribution in [0.2, 0.25) is 5.02 Å². The van der Waals surface area contributed by atoms with Gasteiger partial charge in [0.15, 0.2) is 5.96 Å². The molecule has 6 nitrogen and oxygen atoms in total. The first kappa shape index (κ1) is 21.6. The first-order valence-corrected chi connectivity index (χ1v) is 9.09. The zero-order chi connectivity index (χ0) is 18.5. The molecule has 1 saturated heterocycles. The molecule has 2 heterocycles. The van der Waals surface area contributed by atoms with Gasteiger partial charge in [-0.05, 0) is 36.4 Å². The minimum Gasteiger partial charge on any atom is -0.370 e. The molecule has 0 atom stereocenters. The van der Waals surface area contributed by atoms with Crippen molar-refractivity contribution < 1.29 is 0 Å². The standard InChI is InChI=1S/C19H25ClN6.HI/c1-24(2)18-5-3-4-16(23-18)14-22-19(21)26-12-10-25(11-13-26)17-8-6-15(20)7-9-17;/h3-9H,10-14H2,1-2H3,(H2,21,22);1H. The van der Waals surface area contributed by atoms with Gasteiger partial charge in [0.1, 0.15) is 5.82 Å². The summed E-state index contributed by atoms with van der Waals surface area (Å²) >= 11 is 5.96. The van der Waals surface area contributed by atoms with E-state index in [4.69, 9.17) is 17.3 Å². The van der Waals surface area contributed by atoms with Crippen LogP contribution in [-0.4, -0.2) is 56.1 Å². The number of nitrogens with zero attached hydrogens (tertiary/aromatic N) is 5. The number of hydrogen-bond acceptors (Lipinski definition) is 4. The molecule has 146 valence electrons. The smallest absolute Gasteiger partial charge is 0.191 e. The molecular formula is C19H26ClIN6. The van der Waals surface area contributed by atoms with E-state index in [2.05, 4.69) is 31.9 Å². The molecule has 0 unspecified atom stereocenters. The molecule has 1 aliphatic heterocycles. The molecular weight excluding hydrogens is 475 g/mol. The molecule has 1 aromatic carbocycles. The number of nitrogens with two attached hydrogens (primary N) is 1. The number of benzene rings is 1. The van der Waals surface area contributed by atoms with Crippen LogP contribution in [0.5, 0.6) is 0 Å². The van der Waals surface area contributed by atoms with Gasteiger partial charge in [-0.25, -0.2) is 9.98 Å². The fourth-order valence-corrected chi connectivity index (χ4v) is 3.04. The van der Waals surface area contributed by atoms with Crippen LogP contribution in [0, 0.1) is 0 Å². The summed E-state index contributed by atoms with van der Waals surface area (Å²) in [7, 11) is 3.95. The van der Waals surface area contributed by atoms with E-state index in [1.165, 1.54) is 5.69 Å². The molecule has 8 heteroatoms. The van der Waals surface area contributed by atoms with Gasteiger partial charge in [0.25, 0.3) is 0 Å². The van der Waals surface area contributed by atoms with E-state index >= 15 is 0 Å². The van der Waals surface area contributed by atoms with E-state index in [0.717, 1.165) is 42.7 Å². The summed E-state index contributed by atoms with van der Waals surface area (Å²) in [4.78, 5) is 15.5. The number of piperazine rings is 1. The van der Waals surface area contributed by atoms with Crippen molar-refractivity contribution >= 4 is 53.0 Å². The lowest BCUT2D eigenvalue weighted by Gasteiger charge is -2.36. The van der Waals surface area contributed by atoms with Crippen LogP contribution in [0.1, 0.15) is 5.69 Å². The summed E-state index contributed by atoms with van der Waals surface area (Å²) in [6, 6.07) is 13.9. The Morgan fingerprint density at radius 2 is 1.78 bits per heavy atom. The zero-order valence-corrected chi connectivity index (χ0v) is 18.8. The molecule has 0 spiro atoms. The third kappa shape index (κ3) is 5.87. The van der Waals surface area contributed by atoms with Crippen LogP contribution < -0.4 is 15.5 Å². The van der Waals surface area contributed by atoms with Crippen molar-refractivity contribution in [3.63, 3.8) is 0 Å². The summed E-state index contributed by atoms with van der Waals surface area (Å²) in [5.74, 6) is 1.51. The summed E-state index contributed by atoms with van der Waals surface area (Å²) in [5, 5.41) is 0.760. The Kier molecular flexibility index (Phi) is 7.97. The van der Waals surface area contributed by atoms with Gasteiger partial charge in [-0.1, -0.05) is 17.7 Å². The Morgan fingerprint density at radius 3 is 2.41 bits per heavy atom.